The Labute approximate surface area is 125 Å². The van der Waals surface area contributed by atoms with Crippen molar-refractivity contribution >= 4 is 33.1 Å². The predicted molar refractivity (Wildman–Crippen MR) is 84.9 cm³/mol. The topological polar surface area (TPSA) is 75.4 Å². The van der Waals surface area contributed by atoms with Crippen LogP contribution >= 0.6 is 12.2 Å². The monoisotopic (exact) mass is 313 g/mol. The average molecular weight is 313 g/mol. The number of rotatable bonds is 4. The third kappa shape index (κ3) is 3.28. The van der Waals surface area contributed by atoms with Crippen LogP contribution in [-0.4, -0.2) is 30.3 Å². The standard InChI is InChI=1S/C13H19N3O2S2/c1-10-6-4-5-9-16(10)20(17,18)15-12-8-3-2-7-11(12)13(14)19/h2-3,7-8,10,15H,4-6,9H2,1H3,(H2,14,19). The first kappa shape index (κ1) is 15.2. The summed E-state index contributed by atoms with van der Waals surface area (Å²) in [5.41, 5.74) is 6.59. The van der Waals surface area contributed by atoms with Gasteiger partial charge in [-0.3, -0.25) is 4.72 Å². The summed E-state index contributed by atoms with van der Waals surface area (Å²) in [6.07, 6.45) is 2.84. The zero-order valence-corrected chi connectivity index (χ0v) is 13.0. The molecule has 1 fully saturated rings. The lowest BCUT2D eigenvalue weighted by Crippen LogP contribution is -2.45. The van der Waals surface area contributed by atoms with Crippen LogP contribution in [0.15, 0.2) is 24.3 Å². The van der Waals surface area contributed by atoms with E-state index in [-0.39, 0.29) is 11.0 Å². The number of nitrogens with zero attached hydrogens (tertiary/aromatic N) is 1. The molecular weight excluding hydrogens is 294 g/mol. The van der Waals surface area contributed by atoms with Crippen LogP contribution in [0.3, 0.4) is 0 Å². The first-order valence-corrected chi connectivity index (χ1v) is 8.45. The fraction of sp³-hybridized carbons (Fsp3) is 0.462. The van der Waals surface area contributed by atoms with E-state index in [1.54, 1.807) is 24.3 Å². The summed E-state index contributed by atoms with van der Waals surface area (Å²) < 4.78 is 29.0. The van der Waals surface area contributed by atoms with Crippen molar-refractivity contribution in [2.24, 2.45) is 5.73 Å². The first-order valence-electron chi connectivity index (χ1n) is 6.60. The van der Waals surface area contributed by atoms with Crippen LogP contribution < -0.4 is 10.5 Å². The van der Waals surface area contributed by atoms with E-state index in [1.807, 2.05) is 6.92 Å². The minimum atomic E-state index is -3.57. The largest absolute Gasteiger partial charge is 0.389 e. The third-order valence-corrected chi connectivity index (χ3v) is 5.34. The Hall–Kier alpha value is -1.18. The highest BCUT2D eigenvalue weighted by atomic mass is 32.2. The molecule has 1 aliphatic heterocycles. The Balaban J connectivity index is 2.26. The zero-order valence-electron chi connectivity index (χ0n) is 11.4. The quantitative estimate of drug-likeness (QED) is 0.832. The van der Waals surface area contributed by atoms with Gasteiger partial charge in [-0.2, -0.15) is 12.7 Å². The third-order valence-electron chi connectivity index (χ3n) is 3.48. The van der Waals surface area contributed by atoms with E-state index in [9.17, 15) is 8.42 Å². The summed E-state index contributed by atoms with van der Waals surface area (Å²) >= 11 is 4.95. The van der Waals surface area contributed by atoms with E-state index < -0.39 is 10.2 Å². The van der Waals surface area contributed by atoms with Crippen LogP contribution in [0.1, 0.15) is 31.7 Å². The van der Waals surface area contributed by atoms with Gasteiger partial charge in [-0.25, -0.2) is 0 Å². The van der Waals surface area contributed by atoms with Gasteiger partial charge >= 0.3 is 10.2 Å². The molecule has 1 unspecified atom stereocenters. The number of thiocarbonyl (C=S) groups is 1. The van der Waals surface area contributed by atoms with E-state index in [4.69, 9.17) is 18.0 Å². The van der Waals surface area contributed by atoms with E-state index in [2.05, 4.69) is 4.72 Å². The lowest BCUT2D eigenvalue weighted by Gasteiger charge is -2.32. The maximum absolute atomic E-state index is 12.5. The van der Waals surface area contributed by atoms with Crippen molar-refractivity contribution in [3.8, 4) is 0 Å². The molecule has 1 aliphatic rings. The van der Waals surface area contributed by atoms with Gasteiger partial charge in [-0.05, 0) is 31.9 Å². The molecule has 0 spiro atoms. The van der Waals surface area contributed by atoms with Crippen molar-refractivity contribution in [1.29, 1.82) is 0 Å². The summed E-state index contributed by atoms with van der Waals surface area (Å²) in [5.74, 6) is 0. The fourth-order valence-electron chi connectivity index (χ4n) is 2.41. The molecule has 0 saturated carbocycles. The maximum Gasteiger partial charge on any atom is 0.301 e. The van der Waals surface area contributed by atoms with Gasteiger partial charge in [0.25, 0.3) is 0 Å². The zero-order chi connectivity index (χ0) is 14.8. The van der Waals surface area contributed by atoms with E-state index in [0.717, 1.165) is 19.3 Å². The molecule has 0 amide bonds. The van der Waals surface area contributed by atoms with Gasteiger partial charge in [0.2, 0.25) is 0 Å². The Morgan fingerprint density at radius 2 is 2.10 bits per heavy atom. The highest BCUT2D eigenvalue weighted by Crippen LogP contribution is 2.23. The number of hydrogen-bond donors (Lipinski definition) is 2. The number of para-hydroxylation sites is 1. The van der Waals surface area contributed by atoms with Gasteiger partial charge in [-0.1, -0.05) is 30.8 Å². The van der Waals surface area contributed by atoms with Crippen LogP contribution in [0.25, 0.3) is 0 Å². The van der Waals surface area contributed by atoms with Crippen molar-refractivity contribution in [2.75, 3.05) is 11.3 Å². The molecule has 110 valence electrons. The minimum absolute atomic E-state index is 0.0123. The van der Waals surface area contributed by atoms with E-state index in [0.29, 0.717) is 17.8 Å². The van der Waals surface area contributed by atoms with Crippen molar-refractivity contribution in [2.45, 2.75) is 32.2 Å². The lowest BCUT2D eigenvalue weighted by atomic mass is 10.1. The minimum Gasteiger partial charge on any atom is -0.389 e. The molecule has 7 heteroatoms. The molecule has 2 rings (SSSR count). The average Bonchev–Trinajstić information content (AvgIpc) is 2.39. The van der Waals surface area contributed by atoms with Crippen LogP contribution in [0, 0.1) is 0 Å². The van der Waals surface area contributed by atoms with Crippen molar-refractivity contribution in [3.05, 3.63) is 29.8 Å². The van der Waals surface area contributed by atoms with Gasteiger partial charge in [0.05, 0.1) is 5.69 Å². The summed E-state index contributed by atoms with van der Waals surface area (Å²) in [6, 6.07) is 6.91. The second-order valence-electron chi connectivity index (χ2n) is 4.97. The molecule has 5 nitrogen and oxygen atoms in total. The number of nitrogens with two attached hydrogens (primary N) is 1. The smallest absolute Gasteiger partial charge is 0.301 e. The van der Waals surface area contributed by atoms with Crippen molar-refractivity contribution in [1.82, 2.24) is 4.31 Å². The number of benzene rings is 1. The van der Waals surface area contributed by atoms with Gasteiger partial charge < -0.3 is 5.73 Å². The Morgan fingerprint density at radius 1 is 1.40 bits per heavy atom. The molecule has 1 aromatic carbocycles. The highest BCUT2D eigenvalue weighted by Gasteiger charge is 2.29. The number of piperidine rings is 1. The summed E-state index contributed by atoms with van der Waals surface area (Å²) in [7, 11) is -3.57. The molecule has 20 heavy (non-hydrogen) atoms. The predicted octanol–water partition coefficient (Wildman–Crippen LogP) is 1.85. The maximum atomic E-state index is 12.5. The Kier molecular flexibility index (Phi) is 4.62. The van der Waals surface area contributed by atoms with Crippen LogP contribution in [0.2, 0.25) is 0 Å². The molecule has 0 bridgehead atoms. The number of hydrogen-bond acceptors (Lipinski definition) is 3. The lowest BCUT2D eigenvalue weighted by molar-refractivity contribution is 0.270. The van der Waals surface area contributed by atoms with Gasteiger partial charge in [0.1, 0.15) is 4.99 Å². The van der Waals surface area contributed by atoms with Gasteiger partial charge in [-0.15, -0.1) is 0 Å². The normalized spacial score (nSPS) is 20.6. The summed E-state index contributed by atoms with van der Waals surface area (Å²) in [4.78, 5) is 0.176. The molecule has 1 aromatic rings. The molecule has 1 saturated heterocycles. The highest BCUT2D eigenvalue weighted by molar-refractivity contribution is 7.90. The van der Waals surface area contributed by atoms with Crippen molar-refractivity contribution in [3.63, 3.8) is 0 Å². The first-order chi connectivity index (χ1) is 9.42. The second kappa shape index (κ2) is 6.07. The molecule has 0 radical (unpaired) electrons. The molecule has 1 heterocycles. The number of anilines is 1. The van der Waals surface area contributed by atoms with Crippen LogP contribution in [0.4, 0.5) is 5.69 Å². The molecule has 3 N–H and O–H groups in total. The van der Waals surface area contributed by atoms with Crippen molar-refractivity contribution < 1.29 is 8.42 Å². The Bertz CT molecular complexity index is 601. The van der Waals surface area contributed by atoms with Gasteiger partial charge in [0.15, 0.2) is 0 Å². The summed E-state index contributed by atoms with van der Waals surface area (Å²) in [6.45, 7) is 2.48. The number of nitrogens with one attached hydrogen (secondary N) is 1. The fourth-order valence-corrected chi connectivity index (χ4v) is 4.11. The summed E-state index contributed by atoms with van der Waals surface area (Å²) in [5, 5.41) is 0. The Morgan fingerprint density at radius 3 is 2.75 bits per heavy atom. The molecule has 0 aliphatic carbocycles. The SMILES string of the molecule is CC1CCCCN1S(=O)(=O)Nc1ccccc1C(N)=S. The van der Waals surface area contributed by atoms with E-state index in [1.165, 1.54) is 4.31 Å². The molecule has 1 atom stereocenters. The van der Waals surface area contributed by atoms with Crippen LogP contribution in [-0.2, 0) is 10.2 Å². The second-order valence-corrected chi connectivity index (χ2v) is 7.04. The van der Waals surface area contributed by atoms with E-state index >= 15 is 0 Å². The van der Waals surface area contributed by atoms with Crippen LogP contribution in [0.5, 0.6) is 0 Å². The molecular formula is C13H19N3O2S2. The molecule has 0 aromatic heterocycles. The van der Waals surface area contributed by atoms with Gasteiger partial charge in [0, 0.05) is 18.2 Å².